The van der Waals surface area contributed by atoms with Gasteiger partial charge in [0, 0.05) is 26.2 Å². The van der Waals surface area contributed by atoms with Crippen molar-refractivity contribution in [2.24, 2.45) is 5.41 Å². The van der Waals surface area contributed by atoms with Gasteiger partial charge in [-0.2, -0.15) is 0 Å². The highest BCUT2D eigenvalue weighted by Crippen LogP contribution is 2.23. The molecule has 112 valence electrons. The topological polar surface area (TPSA) is 78.9 Å². The maximum Gasteiger partial charge on any atom is 0.227 e. The monoisotopic (exact) mass is 279 g/mol. The third-order valence-corrected chi connectivity index (χ3v) is 3.22. The molecule has 1 amide bonds. The van der Waals surface area contributed by atoms with E-state index in [4.69, 9.17) is 0 Å². The number of rotatable bonds is 7. The minimum absolute atomic E-state index is 0.00457. The molecule has 0 bridgehead atoms. The second-order valence-electron chi connectivity index (χ2n) is 5.37. The Morgan fingerprint density at radius 1 is 1.25 bits per heavy atom. The van der Waals surface area contributed by atoms with E-state index in [0.29, 0.717) is 6.54 Å². The van der Waals surface area contributed by atoms with Crippen LogP contribution in [-0.2, 0) is 11.2 Å². The first kappa shape index (κ1) is 16.2. The molecule has 1 aromatic rings. The van der Waals surface area contributed by atoms with E-state index in [2.05, 4.69) is 32.8 Å². The summed E-state index contributed by atoms with van der Waals surface area (Å²) in [6.07, 6.45) is 3.43. The molecule has 20 heavy (non-hydrogen) atoms. The highest BCUT2D eigenvalue weighted by molar-refractivity contribution is 5.82. The Morgan fingerprint density at radius 3 is 2.45 bits per heavy atom. The van der Waals surface area contributed by atoms with Crippen molar-refractivity contribution in [2.45, 2.75) is 33.6 Å². The molecule has 0 atom stereocenters. The Labute approximate surface area is 120 Å². The predicted molar refractivity (Wildman–Crippen MR) is 81.9 cm³/mol. The lowest BCUT2D eigenvalue weighted by atomic mass is 9.92. The number of aromatic nitrogens is 2. The van der Waals surface area contributed by atoms with Gasteiger partial charge in [-0.1, -0.05) is 13.3 Å². The Kier molecular flexibility index (Phi) is 5.73. The molecule has 0 spiro atoms. The third-order valence-electron chi connectivity index (χ3n) is 3.22. The van der Waals surface area contributed by atoms with Crippen LogP contribution in [0.1, 0.15) is 32.8 Å². The Bertz CT molecular complexity index is 459. The van der Waals surface area contributed by atoms with Gasteiger partial charge in [0.15, 0.2) is 0 Å². The van der Waals surface area contributed by atoms with Gasteiger partial charge in [-0.3, -0.25) is 4.79 Å². The van der Waals surface area contributed by atoms with Crippen molar-refractivity contribution in [3.8, 4) is 0 Å². The quantitative estimate of drug-likeness (QED) is 0.707. The molecule has 1 aromatic heterocycles. The number of nitrogens with one attached hydrogen (secondary N) is 3. The van der Waals surface area contributed by atoms with Gasteiger partial charge in [-0.05, 0) is 20.3 Å². The Balaban J connectivity index is 2.89. The molecule has 0 radical (unpaired) electrons. The van der Waals surface area contributed by atoms with Crippen LogP contribution in [0.15, 0.2) is 6.33 Å². The first-order chi connectivity index (χ1) is 9.46. The number of nitrogens with zero attached hydrogens (tertiary/aromatic N) is 2. The fourth-order valence-electron chi connectivity index (χ4n) is 1.99. The normalized spacial score (nSPS) is 11.1. The van der Waals surface area contributed by atoms with Crippen LogP contribution in [0.2, 0.25) is 0 Å². The highest BCUT2D eigenvalue weighted by atomic mass is 16.2. The summed E-state index contributed by atoms with van der Waals surface area (Å²) in [5.41, 5.74) is 0.563. The third kappa shape index (κ3) is 3.82. The fourth-order valence-corrected chi connectivity index (χ4v) is 1.99. The van der Waals surface area contributed by atoms with Crippen LogP contribution in [0.4, 0.5) is 11.6 Å². The van der Waals surface area contributed by atoms with Gasteiger partial charge in [-0.15, -0.1) is 0 Å². The molecule has 0 saturated carbocycles. The molecule has 0 aliphatic carbocycles. The van der Waals surface area contributed by atoms with Crippen LogP contribution in [-0.4, -0.2) is 36.5 Å². The molecule has 0 aromatic carbocycles. The molecule has 0 unspecified atom stereocenters. The minimum Gasteiger partial charge on any atom is -0.373 e. The smallest absolute Gasteiger partial charge is 0.227 e. The van der Waals surface area contributed by atoms with Crippen LogP contribution in [0, 0.1) is 5.41 Å². The van der Waals surface area contributed by atoms with E-state index in [1.165, 1.54) is 6.33 Å². The molecular weight excluding hydrogens is 254 g/mol. The number of amides is 1. The van der Waals surface area contributed by atoms with E-state index in [-0.39, 0.29) is 5.91 Å². The van der Waals surface area contributed by atoms with Crippen LogP contribution < -0.4 is 16.0 Å². The maximum absolute atomic E-state index is 11.8. The molecule has 0 aliphatic rings. The number of hydrogen-bond acceptors (Lipinski definition) is 5. The fraction of sp³-hybridized carbons (Fsp3) is 0.643. The molecule has 6 nitrogen and oxygen atoms in total. The summed E-state index contributed by atoms with van der Waals surface area (Å²) in [7, 11) is 3.50. The summed E-state index contributed by atoms with van der Waals surface area (Å²) in [5.74, 6) is 1.63. The second kappa shape index (κ2) is 7.07. The van der Waals surface area contributed by atoms with Crippen molar-refractivity contribution in [1.29, 1.82) is 0 Å². The summed E-state index contributed by atoms with van der Waals surface area (Å²) in [4.78, 5) is 20.3. The largest absolute Gasteiger partial charge is 0.373 e. The van der Waals surface area contributed by atoms with Crippen LogP contribution in [0.5, 0.6) is 0 Å². The summed E-state index contributed by atoms with van der Waals surface area (Å²) >= 11 is 0. The number of hydrogen-bond donors (Lipinski definition) is 3. The minimum atomic E-state index is -0.497. The molecule has 0 aliphatic heterocycles. The van der Waals surface area contributed by atoms with Crippen molar-refractivity contribution in [2.75, 3.05) is 31.3 Å². The summed E-state index contributed by atoms with van der Waals surface area (Å²) in [5, 5.41) is 9.04. The molecular formula is C14H25N5O. The number of carbonyl (C=O) groups is 1. The van der Waals surface area contributed by atoms with Gasteiger partial charge in [0.05, 0.1) is 5.41 Å². The van der Waals surface area contributed by atoms with Crippen LogP contribution in [0.25, 0.3) is 0 Å². The Hall–Kier alpha value is -1.85. The van der Waals surface area contributed by atoms with Crippen molar-refractivity contribution in [3.63, 3.8) is 0 Å². The van der Waals surface area contributed by atoms with Crippen LogP contribution in [0.3, 0.4) is 0 Å². The lowest BCUT2D eigenvalue weighted by Gasteiger charge is -2.24. The van der Waals surface area contributed by atoms with Crippen molar-refractivity contribution >= 4 is 17.5 Å². The van der Waals surface area contributed by atoms with Gasteiger partial charge < -0.3 is 16.0 Å². The van der Waals surface area contributed by atoms with Gasteiger partial charge >= 0.3 is 0 Å². The average molecular weight is 279 g/mol. The van der Waals surface area contributed by atoms with Crippen molar-refractivity contribution < 1.29 is 4.79 Å². The molecule has 0 fully saturated rings. The van der Waals surface area contributed by atoms with Crippen molar-refractivity contribution in [3.05, 3.63) is 11.9 Å². The van der Waals surface area contributed by atoms with Gasteiger partial charge in [0.25, 0.3) is 0 Å². The highest BCUT2D eigenvalue weighted by Gasteiger charge is 2.26. The number of anilines is 2. The lowest BCUT2D eigenvalue weighted by Crippen LogP contribution is -2.39. The van der Waals surface area contributed by atoms with E-state index < -0.39 is 5.41 Å². The zero-order chi connectivity index (χ0) is 15.2. The molecule has 1 rings (SSSR count). The SMILES string of the molecule is CCCc1c(NC)ncnc1NCC(C)(C)C(=O)NC. The summed E-state index contributed by atoms with van der Waals surface area (Å²) in [6, 6.07) is 0. The average Bonchev–Trinajstić information content (AvgIpc) is 2.45. The maximum atomic E-state index is 11.8. The summed E-state index contributed by atoms with van der Waals surface area (Å²) in [6.45, 7) is 6.44. The zero-order valence-electron chi connectivity index (χ0n) is 13.0. The second-order valence-corrected chi connectivity index (χ2v) is 5.37. The lowest BCUT2D eigenvalue weighted by molar-refractivity contribution is -0.128. The van der Waals surface area contributed by atoms with E-state index in [0.717, 1.165) is 30.0 Å². The van der Waals surface area contributed by atoms with Gasteiger partial charge in [0.2, 0.25) is 5.91 Å². The molecule has 3 N–H and O–H groups in total. The van der Waals surface area contributed by atoms with Crippen LogP contribution >= 0.6 is 0 Å². The van der Waals surface area contributed by atoms with Gasteiger partial charge in [0.1, 0.15) is 18.0 Å². The standard InChI is InChI=1S/C14H25N5O/c1-6-7-10-11(15-4)18-9-19-12(10)17-8-14(2,3)13(20)16-5/h9H,6-8H2,1-5H3,(H,16,20)(H2,15,17,18,19). The van der Waals surface area contributed by atoms with Gasteiger partial charge in [-0.25, -0.2) is 9.97 Å². The van der Waals surface area contributed by atoms with E-state index in [1.54, 1.807) is 7.05 Å². The first-order valence-corrected chi connectivity index (χ1v) is 6.94. The summed E-state index contributed by atoms with van der Waals surface area (Å²) < 4.78 is 0. The number of carbonyl (C=O) groups excluding carboxylic acids is 1. The molecule has 1 heterocycles. The van der Waals surface area contributed by atoms with E-state index in [1.807, 2.05) is 20.9 Å². The Morgan fingerprint density at radius 2 is 1.90 bits per heavy atom. The predicted octanol–water partition coefficient (Wildman–Crippen LogP) is 1.65. The zero-order valence-corrected chi connectivity index (χ0v) is 13.0. The molecule has 6 heteroatoms. The molecule has 0 saturated heterocycles. The van der Waals surface area contributed by atoms with E-state index in [9.17, 15) is 4.79 Å². The van der Waals surface area contributed by atoms with Crippen molar-refractivity contribution in [1.82, 2.24) is 15.3 Å². The first-order valence-electron chi connectivity index (χ1n) is 6.94. The van der Waals surface area contributed by atoms with E-state index >= 15 is 0 Å².